The SMILES string of the molecule is c1ccc(-n2c3ccccc3c3c4ccccc4oc32)c(-c2ccccc2-n2c3ccccc3c3c4ccccc4sc32)c1. The molecule has 10 rings (SSSR count). The molecule has 4 heterocycles. The van der Waals surface area contributed by atoms with Crippen molar-refractivity contribution in [3.05, 3.63) is 146 Å². The van der Waals surface area contributed by atoms with Crippen molar-refractivity contribution >= 4 is 75.5 Å². The lowest BCUT2D eigenvalue weighted by molar-refractivity contribution is 0.645. The Hall–Kier alpha value is -5.58. The normalized spacial score (nSPS) is 12.1. The maximum absolute atomic E-state index is 6.62. The van der Waals surface area contributed by atoms with E-state index < -0.39 is 0 Å². The zero-order chi connectivity index (χ0) is 28.8. The molecule has 0 fully saturated rings. The van der Waals surface area contributed by atoms with E-state index in [1.165, 1.54) is 42.2 Å². The van der Waals surface area contributed by atoms with Crippen LogP contribution in [0.25, 0.3) is 86.7 Å². The molecule has 0 aliphatic heterocycles. The van der Waals surface area contributed by atoms with E-state index >= 15 is 0 Å². The summed E-state index contributed by atoms with van der Waals surface area (Å²) >= 11 is 1.86. The first kappa shape index (κ1) is 23.9. The molecular weight excluding hydrogens is 557 g/mol. The molecule has 3 nitrogen and oxygen atoms in total. The lowest BCUT2D eigenvalue weighted by Gasteiger charge is -2.17. The average molecular weight is 581 g/mol. The Morgan fingerprint density at radius 3 is 1.70 bits per heavy atom. The number of thiophene rings is 1. The van der Waals surface area contributed by atoms with Gasteiger partial charge < -0.3 is 8.98 Å². The van der Waals surface area contributed by atoms with E-state index in [4.69, 9.17) is 4.42 Å². The number of rotatable bonds is 3. The molecule has 0 aliphatic carbocycles. The molecule has 0 bridgehead atoms. The van der Waals surface area contributed by atoms with Crippen molar-refractivity contribution in [1.82, 2.24) is 9.13 Å². The van der Waals surface area contributed by atoms with Crippen LogP contribution in [0.3, 0.4) is 0 Å². The molecule has 0 aliphatic rings. The van der Waals surface area contributed by atoms with E-state index in [0.29, 0.717) is 0 Å². The van der Waals surface area contributed by atoms with Crippen LogP contribution in [0.4, 0.5) is 0 Å². The van der Waals surface area contributed by atoms with Gasteiger partial charge in [-0.15, -0.1) is 11.3 Å². The van der Waals surface area contributed by atoms with Crippen molar-refractivity contribution < 1.29 is 4.42 Å². The van der Waals surface area contributed by atoms with Crippen molar-refractivity contribution in [2.45, 2.75) is 0 Å². The summed E-state index contributed by atoms with van der Waals surface area (Å²) in [5.74, 6) is 0. The van der Waals surface area contributed by atoms with E-state index in [1.54, 1.807) is 0 Å². The maximum atomic E-state index is 6.62. The minimum absolute atomic E-state index is 0.871. The fourth-order valence-corrected chi connectivity index (χ4v) is 8.40. The van der Waals surface area contributed by atoms with E-state index in [1.807, 2.05) is 17.4 Å². The quantitative estimate of drug-likeness (QED) is 0.204. The highest BCUT2D eigenvalue weighted by Crippen LogP contribution is 2.45. The lowest BCUT2D eigenvalue weighted by Crippen LogP contribution is -2.00. The Kier molecular flexibility index (Phi) is 4.87. The first-order valence-electron chi connectivity index (χ1n) is 14.9. The minimum Gasteiger partial charge on any atom is -0.439 e. The summed E-state index contributed by atoms with van der Waals surface area (Å²) in [7, 11) is 0. The van der Waals surface area contributed by atoms with Crippen LogP contribution in [0.15, 0.2) is 150 Å². The molecule has 0 unspecified atom stereocenters. The molecule has 0 atom stereocenters. The Morgan fingerprint density at radius 1 is 0.432 bits per heavy atom. The Morgan fingerprint density at radius 2 is 0.955 bits per heavy atom. The molecule has 0 radical (unpaired) electrons. The van der Waals surface area contributed by atoms with E-state index in [2.05, 4.69) is 149 Å². The minimum atomic E-state index is 0.871. The molecule has 10 aromatic rings. The zero-order valence-electron chi connectivity index (χ0n) is 23.6. The van der Waals surface area contributed by atoms with E-state index in [9.17, 15) is 0 Å². The highest BCUT2D eigenvalue weighted by atomic mass is 32.1. The predicted octanol–water partition coefficient (Wildman–Crippen LogP) is 11.5. The Labute approximate surface area is 256 Å². The number of furan rings is 1. The van der Waals surface area contributed by atoms with Gasteiger partial charge in [-0.3, -0.25) is 4.57 Å². The van der Waals surface area contributed by atoms with Gasteiger partial charge in [-0.25, -0.2) is 0 Å². The molecule has 0 saturated heterocycles. The topological polar surface area (TPSA) is 23.0 Å². The van der Waals surface area contributed by atoms with Crippen molar-refractivity contribution in [3.8, 4) is 22.5 Å². The summed E-state index contributed by atoms with van der Waals surface area (Å²) in [6, 6.07) is 52.1. The smallest absolute Gasteiger partial charge is 0.213 e. The Bertz CT molecular complexity index is 2540. The van der Waals surface area contributed by atoms with Gasteiger partial charge in [0.2, 0.25) is 5.71 Å². The van der Waals surface area contributed by atoms with Crippen LogP contribution in [0.1, 0.15) is 0 Å². The van der Waals surface area contributed by atoms with Gasteiger partial charge in [0, 0.05) is 42.8 Å². The second-order valence-electron chi connectivity index (χ2n) is 11.3. The van der Waals surface area contributed by atoms with Crippen LogP contribution in [0.5, 0.6) is 0 Å². The number of benzene rings is 6. The van der Waals surface area contributed by atoms with Crippen LogP contribution < -0.4 is 0 Å². The molecular formula is C40H24N2OS. The van der Waals surface area contributed by atoms with Crippen molar-refractivity contribution in [2.24, 2.45) is 0 Å². The van der Waals surface area contributed by atoms with Gasteiger partial charge in [0.25, 0.3) is 0 Å². The molecule has 206 valence electrons. The van der Waals surface area contributed by atoms with Gasteiger partial charge in [0.1, 0.15) is 10.4 Å². The third-order valence-corrected chi connectivity index (χ3v) is 10.1. The van der Waals surface area contributed by atoms with E-state index in [-0.39, 0.29) is 0 Å². The maximum Gasteiger partial charge on any atom is 0.213 e. The van der Waals surface area contributed by atoms with Gasteiger partial charge in [-0.2, -0.15) is 0 Å². The monoisotopic (exact) mass is 580 g/mol. The molecule has 0 amide bonds. The summed E-state index contributed by atoms with van der Waals surface area (Å²) in [6.07, 6.45) is 0. The number of hydrogen-bond donors (Lipinski definition) is 0. The fourth-order valence-electron chi connectivity index (χ4n) is 7.15. The summed E-state index contributed by atoms with van der Waals surface area (Å²) in [4.78, 5) is 1.27. The molecule has 0 spiro atoms. The van der Waals surface area contributed by atoms with Crippen molar-refractivity contribution in [3.63, 3.8) is 0 Å². The van der Waals surface area contributed by atoms with Crippen LogP contribution in [0.2, 0.25) is 0 Å². The third-order valence-electron chi connectivity index (χ3n) is 8.97. The fraction of sp³-hybridized carbons (Fsp3) is 0. The van der Waals surface area contributed by atoms with Gasteiger partial charge in [0.15, 0.2) is 0 Å². The number of hydrogen-bond acceptors (Lipinski definition) is 2. The number of fused-ring (bicyclic) bond motifs is 10. The van der Waals surface area contributed by atoms with Crippen molar-refractivity contribution in [2.75, 3.05) is 0 Å². The number of nitrogens with zero attached hydrogens (tertiary/aromatic N) is 2. The second-order valence-corrected chi connectivity index (χ2v) is 12.3. The van der Waals surface area contributed by atoms with Gasteiger partial charge >= 0.3 is 0 Å². The van der Waals surface area contributed by atoms with Gasteiger partial charge in [0.05, 0.1) is 27.8 Å². The summed E-state index contributed by atoms with van der Waals surface area (Å²) < 4.78 is 12.7. The highest BCUT2D eigenvalue weighted by molar-refractivity contribution is 7.25. The number of para-hydroxylation sites is 5. The largest absolute Gasteiger partial charge is 0.439 e. The number of aromatic nitrogens is 2. The molecule has 4 heteroatoms. The average Bonchev–Trinajstić information content (AvgIpc) is 3.81. The van der Waals surface area contributed by atoms with Crippen molar-refractivity contribution in [1.29, 1.82) is 0 Å². The van der Waals surface area contributed by atoms with Crippen LogP contribution in [-0.2, 0) is 0 Å². The highest BCUT2D eigenvalue weighted by Gasteiger charge is 2.23. The first-order valence-corrected chi connectivity index (χ1v) is 15.7. The van der Waals surface area contributed by atoms with Gasteiger partial charge in [-0.1, -0.05) is 109 Å². The summed E-state index contributed by atoms with van der Waals surface area (Å²) in [6.45, 7) is 0. The predicted molar refractivity (Wildman–Crippen MR) is 186 cm³/mol. The zero-order valence-corrected chi connectivity index (χ0v) is 24.4. The standard InChI is InChI=1S/C40H24N2OS/c1-7-19-31(41-33-21-9-3-15-27(33)37-29-17-5-11-23-35(29)43-39(37)41)25(13-1)26-14-2-8-20-32(26)42-34-22-10-4-16-28(34)38-30-18-6-12-24-36(30)44-40(38)42/h1-24H. The second kappa shape index (κ2) is 8.96. The molecule has 44 heavy (non-hydrogen) atoms. The Balaban J connectivity index is 1.31. The van der Waals surface area contributed by atoms with Crippen LogP contribution in [-0.4, -0.2) is 9.13 Å². The summed E-state index contributed by atoms with van der Waals surface area (Å²) in [5, 5.41) is 7.41. The molecule has 0 N–H and O–H groups in total. The molecule has 6 aromatic carbocycles. The molecule has 0 saturated carbocycles. The summed E-state index contributed by atoms with van der Waals surface area (Å²) in [5.41, 5.74) is 8.70. The first-order chi connectivity index (χ1) is 21.9. The van der Waals surface area contributed by atoms with E-state index in [0.717, 1.165) is 44.5 Å². The van der Waals surface area contributed by atoms with Gasteiger partial charge in [-0.05, 0) is 36.4 Å². The lowest BCUT2D eigenvalue weighted by atomic mass is 10.0. The molecule has 4 aromatic heterocycles. The van der Waals surface area contributed by atoms with Crippen LogP contribution >= 0.6 is 11.3 Å². The van der Waals surface area contributed by atoms with Crippen LogP contribution in [0, 0.1) is 0 Å². The third kappa shape index (κ3) is 3.15.